The van der Waals surface area contributed by atoms with Crippen LogP contribution in [0.3, 0.4) is 0 Å². The number of hydrogen-bond acceptors (Lipinski definition) is 4. The van der Waals surface area contributed by atoms with Crippen molar-refractivity contribution in [1.29, 1.82) is 0 Å². The molecule has 4 rings (SSSR count). The van der Waals surface area contributed by atoms with Crippen LogP contribution in [0, 0.1) is 0 Å². The van der Waals surface area contributed by atoms with E-state index in [2.05, 4.69) is 179 Å². The molecule has 0 amide bonds. The third-order valence-corrected chi connectivity index (χ3v) is 13.8. The summed E-state index contributed by atoms with van der Waals surface area (Å²) in [6.07, 6.45) is 7.21. The van der Waals surface area contributed by atoms with Crippen LogP contribution in [0.25, 0.3) is 0 Å². The van der Waals surface area contributed by atoms with E-state index in [-0.39, 0.29) is 17.3 Å². The first kappa shape index (κ1) is 35.3. The number of allylic oxidation sites excluding steroid dienone is 6. The van der Waals surface area contributed by atoms with E-state index in [0.717, 1.165) is 12.8 Å². The van der Waals surface area contributed by atoms with Crippen molar-refractivity contribution in [2.24, 2.45) is 0 Å². The van der Waals surface area contributed by atoms with Gasteiger partial charge in [0.05, 0.1) is 0 Å². The van der Waals surface area contributed by atoms with Crippen LogP contribution in [0.4, 0.5) is 11.4 Å². The van der Waals surface area contributed by atoms with Crippen molar-refractivity contribution in [3.63, 3.8) is 0 Å². The standard InChI is InChI=1S/2C20H29N2.Zr/c2*1-14-12-19(22(6)7)15(2)17(14)13-16-10-8-9-11-18(16)21-20(3,4)5;/h2*8-12,21H,13H2,1-7H3;. The van der Waals surface area contributed by atoms with Gasteiger partial charge in [0, 0.05) is 0 Å². The Labute approximate surface area is 286 Å². The van der Waals surface area contributed by atoms with Crippen LogP contribution in [0.2, 0.25) is 6.25 Å². The Bertz CT molecular complexity index is 1430. The summed E-state index contributed by atoms with van der Waals surface area (Å²) in [6.45, 7) is 23.3. The number of hydrogen-bond donors (Lipinski definition) is 2. The summed E-state index contributed by atoms with van der Waals surface area (Å²) in [5.41, 5.74) is 14.1. The molecule has 0 aliphatic heterocycles. The second-order valence-electron chi connectivity index (χ2n) is 16.0. The molecule has 0 bridgehead atoms. The van der Waals surface area contributed by atoms with Crippen LogP contribution in [-0.2, 0) is 36.1 Å². The van der Waals surface area contributed by atoms with Gasteiger partial charge in [0.25, 0.3) is 0 Å². The number of nitrogens with zero attached hydrogens (tertiary/aromatic N) is 2. The molecule has 0 saturated carbocycles. The molecule has 45 heavy (non-hydrogen) atoms. The van der Waals surface area contributed by atoms with Crippen molar-refractivity contribution in [3.05, 3.63) is 105 Å². The number of anilines is 2. The van der Waals surface area contributed by atoms with Crippen LogP contribution in [0.1, 0.15) is 80.4 Å². The fourth-order valence-electron chi connectivity index (χ4n) is 7.13. The molecular weight excluding hydrogens is 628 g/mol. The Kier molecular flexibility index (Phi) is 10.2. The molecule has 2 aromatic rings. The van der Waals surface area contributed by atoms with E-state index in [9.17, 15) is 0 Å². The average Bonchev–Trinajstić information content (AvgIpc) is 3.29. The van der Waals surface area contributed by atoms with Crippen LogP contribution in [0.5, 0.6) is 0 Å². The van der Waals surface area contributed by atoms with Crippen LogP contribution in [-0.4, -0.2) is 49.1 Å². The molecule has 242 valence electrons. The predicted octanol–water partition coefficient (Wildman–Crippen LogP) is 9.88. The Morgan fingerprint density at radius 3 is 1.24 bits per heavy atom. The molecule has 0 radical (unpaired) electrons. The molecule has 2 aliphatic rings. The first-order valence-electron chi connectivity index (χ1n) is 16.5. The van der Waals surface area contributed by atoms with E-state index < -0.39 is 23.2 Å². The van der Waals surface area contributed by atoms with E-state index >= 15 is 0 Å². The molecule has 0 heterocycles. The number of likely N-dealkylation sites (N-methyl/N-ethyl adjacent to an activating group) is 2. The third-order valence-electron chi connectivity index (χ3n) is 9.05. The predicted molar refractivity (Wildman–Crippen MR) is 193 cm³/mol. The fraction of sp³-hybridized carbons (Fsp3) is 0.500. The van der Waals surface area contributed by atoms with Crippen LogP contribution in [0.15, 0.2) is 94.4 Å². The van der Waals surface area contributed by atoms with Crippen molar-refractivity contribution in [2.75, 3.05) is 38.8 Å². The van der Waals surface area contributed by atoms with Crippen molar-refractivity contribution < 1.29 is 23.2 Å². The minimum atomic E-state index is -1.21. The molecule has 0 saturated heterocycles. The van der Waals surface area contributed by atoms with Gasteiger partial charge in [-0.3, -0.25) is 0 Å². The Morgan fingerprint density at radius 1 is 0.600 bits per heavy atom. The van der Waals surface area contributed by atoms with Gasteiger partial charge in [-0.25, -0.2) is 0 Å². The molecule has 2 unspecified atom stereocenters. The topological polar surface area (TPSA) is 30.5 Å². The Hall–Kier alpha value is -2.52. The van der Waals surface area contributed by atoms with Crippen LogP contribution < -0.4 is 10.6 Å². The number of benzene rings is 2. The molecule has 2 aromatic carbocycles. The van der Waals surface area contributed by atoms with Gasteiger partial charge in [-0.1, -0.05) is 0 Å². The zero-order chi connectivity index (χ0) is 33.5. The molecule has 2 aliphatic carbocycles. The fourth-order valence-corrected chi connectivity index (χ4v) is 12.9. The first-order chi connectivity index (χ1) is 20.7. The van der Waals surface area contributed by atoms with E-state index in [1.54, 1.807) is 11.1 Å². The summed E-state index contributed by atoms with van der Waals surface area (Å²) in [4.78, 5) is 4.65. The van der Waals surface area contributed by atoms with Gasteiger partial charge < -0.3 is 0 Å². The summed E-state index contributed by atoms with van der Waals surface area (Å²) in [5, 5.41) is 7.59. The van der Waals surface area contributed by atoms with Gasteiger partial charge in [-0.2, -0.15) is 0 Å². The van der Waals surface area contributed by atoms with Gasteiger partial charge in [-0.15, -0.1) is 0 Å². The summed E-state index contributed by atoms with van der Waals surface area (Å²) < 4.78 is 0.118. The maximum atomic E-state index is 3.80. The van der Waals surface area contributed by atoms with E-state index in [0.29, 0.717) is 0 Å². The van der Waals surface area contributed by atoms with E-state index in [1.165, 1.54) is 45.0 Å². The van der Waals surface area contributed by atoms with Crippen molar-refractivity contribution in [1.82, 2.24) is 9.80 Å². The van der Waals surface area contributed by atoms with Crippen molar-refractivity contribution in [3.8, 4) is 0 Å². The van der Waals surface area contributed by atoms with Crippen molar-refractivity contribution in [2.45, 2.75) is 99.4 Å². The minimum absolute atomic E-state index is 0.00231. The van der Waals surface area contributed by atoms with Gasteiger partial charge >= 0.3 is 288 Å². The van der Waals surface area contributed by atoms with Gasteiger partial charge in [0.15, 0.2) is 0 Å². The maximum absolute atomic E-state index is 3.80. The van der Waals surface area contributed by atoms with Crippen LogP contribution >= 0.6 is 0 Å². The Balaban J connectivity index is 1.79. The molecule has 0 spiro atoms. The third kappa shape index (κ3) is 8.08. The molecule has 0 fully saturated rings. The number of para-hydroxylation sites is 2. The zero-order valence-corrected chi connectivity index (χ0v) is 33.0. The summed E-state index contributed by atoms with van der Waals surface area (Å²) in [5.74, 6) is 0. The van der Waals surface area contributed by atoms with Gasteiger partial charge in [-0.05, 0) is 0 Å². The molecular formula is C40H58N4Zr. The number of nitrogens with one attached hydrogen (secondary N) is 2. The summed E-state index contributed by atoms with van der Waals surface area (Å²) in [6, 6.07) is 17.9. The van der Waals surface area contributed by atoms with Gasteiger partial charge in [0.2, 0.25) is 0 Å². The summed E-state index contributed by atoms with van der Waals surface area (Å²) in [7, 11) is 8.81. The zero-order valence-electron chi connectivity index (χ0n) is 30.6. The molecule has 4 nitrogen and oxygen atoms in total. The quantitative estimate of drug-likeness (QED) is 0.261. The normalized spacial score (nSPS) is 22.0. The van der Waals surface area contributed by atoms with E-state index in [4.69, 9.17) is 0 Å². The average molecular weight is 686 g/mol. The van der Waals surface area contributed by atoms with Crippen molar-refractivity contribution >= 4 is 11.4 Å². The molecule has 2 atom stereocenters. The van der Waals surface area contributed by atoms with E-state index in [1.807, 2.05) is 0 Å². The Morgan fingerprint density at radius 2 is 0.933 bits per heavy atom. The first-order valence-corrected chi connectivity index (χ1v) is 18.9. The number of rotatable bonds is 10. The molecule has 0 aromatic heterocycles. The molecule has 5 heteroatoms. The van der Waals surface area contributed by atoms with Gasteiger partial charge in [0.1, 0.15) is 0 Å². The SMILES string of the molecule is CC1=C(Cc2ccccc2NC(C)(C)C)[C](C)([Zr][C]2(C)C=C(N(C)C)C(C)=C2Cc2ccccc2NC(C)(C)C)C=C1N(C)C. The molecule has 2 N–H and O–H groups in total. The second-order valence-corrected chi connectivity index (χ2v) is 21.7. The monoisotopic (exact) mass is 684 g/mol. The summed E-state index contributed by atoms with van der Waals surface area (Å²) >= 11 is -1.21. The second kappa shape index (κ2) is 12.9.